The molecule has 0 spiro atoms. The zero-order chi connectivity index (χ0) is 10.7. The van der Waals surface area contributed by atoms with E-state index in [1.807, 2.05) is 13.1 Å². The first-order valence-corrected chi connectivity index (χ1v) is 5.76. The second-order valence-corrected chi connectivity index (χ2v) is 4.13. The number of rotatable bonds is 4. The zero-order valence-corrected chi connectivity index (χ0v) is 9.49. The predicted molar refractivity (Wildman–Crippen MR) is 62.3 cm³/mol. The molecule has 2 rings (SSSR count). The van der Waals surface area contributed by atoms with E-state index in [2.05, 4.69) is 30.4 Å². The van der Waals surface area contributed by atoms with Crippen molar-refractivity contribution in [1.82, 2.24) is 5.32 Å². The van der Waals surface area contributed by atoms with Gasteiger partial charge in [-0.2, -0.15) is 0 Å². The van der Waals surface area contributed by atoms with E-state index in [0.29, 0.717) is 12.1 Å². The van der Waals surface area contributed by atoms with Gasteiger partial charge in [-0.1, -0.05) is 19.1 Å². The summed E-state index contributed by atoms with van der Waals surface area (Å²) in [6, 6.07) is 8.94. The van der Waals surface area contributed by atoms with Crippen molar-refractivity contribution < 1.29 is 4.74 Å². The van der Waals surface area contributed by atoms with Crippen molar-refractivity contribution in [3.63, 3.8) is 0 Å². The molecule has 2 nitrogen and oxygen atoms in total. The van der Waals surface area contributed by atoms with Crippen molar-refractivity contribution in [1.29, 1.82) is 0 Å². The van der Waals surface area contributed by atoms with E-state index < -0.39 is 0 Å². The Kier molecular flexibility index (Phi) is 3.27. The lowest BCUT2D eigenvalue weighted by Gasteiger charge is -2.36. The third-order valence-corrected chi connectivity index (χ3v) is 3.18. The van der Waals surface area contributed by atoms with Gasteiger partial charge in [0, 0.05) is 6.04 Å². The first-order chi connectivity index (χ1) is 7.33. The van der Waals surface area contributed by atoms with Gasteiger partial charge in [0.25, 0.3) is 0 Å². The molecule has 2 atom stereocenters. The van der Waals surface area contributed by atoms with Crippen LogP contribution in [0.3, 0.4) is 0 Å². The van der Waals surface area contributed by atoms with Crippen molar-refractivity contribution in [2.75, 3.05) is 7.05 Å². The molecule has 1 fully saturated rings. The summed E-state index contributed by atoms with van der Waals surface area (Å²) in [6.45, 7) is 2.17. The van der Waals surface area contributed by atoms with Gasteiger partial charge >= 0.3 is 0 Å². The third-order valence-electron chi connectivity index (χ3n) is 3.18. The molecule has 0 unspecified atom stereocenters. The Balaban J connectivity index is 1.98. The molecule has 0 aliphatic heterocycles. The highest BCUT2D eigenvalue weighted by atomic mass is 16.5. The Labute approximate surface area is 91.6 Å². The van der Waals surface area contributed by atoms with E-state index in [4.69, 9.17) is 4.74 Å². The van der Waals surface area contributed by atoms with Gasteiger partial charge in [-0.25, -0.2) is 0 Å². The van der Waals surface area contributed by atoms with Crippen LogP contribution in [0, 0.1) is 0 Å². The zero-order valence-electron chi connectivity index (χ0n) is 9.49. The van der Waals surface area contributed by atoms with E-state index in [1.165, 1.54) is 18.4 Å². The van der Waals surface area contributed by atoms with Crippen molar-refractivity contribution in [2.45, 2.75) is 38.3 Å². The highest BCUT2D eigenvalue weighted by molar-refractivity contribution is 5.29. The van der Waals surface area contributed by atoms with E-state index >= 15 is 0 Å². The minimum Gasteiger partial charge on any atom is -0.489 e. The van der Waals surface area contributed by atoms with Gasteiger partial charge in [-0.3, -0.25) is 0 Å². The fourth-order valence-electron chi connectivity index (χ4n) is 1.95. The smallest absolute Gasteiger partial charge is 0.120 e. The van der Waals surface area contributed by atoms with Crippen LogP contribution in [0.15, 0.2) is 24.3 Å². The van der Waals surface area contributed by atoms with Crippen LogP contribution in [0.2, 0.25) is 0 Å². The average molecular weight is 205 g/mol. The molecule has 1 aliphatic carbocycles. The highest BCUT2D eigenvalue weighted by Gasteiger charge is 2.31. The second kappa shape index (κ2) is 4.67. The Hall–Kier alpha value is -1.02. The number of hydrogen-bond donors (Lipinski definition) is 1. The summed E-state index contributed by atoms with van der Waals surface area (Å²) in [6.07, 6.45) is 3.83. The molecule has 0 heterocycles. The normalized spacial score (nSPS) is 24.7. The lowest BCUT2D eigenvalue weighted by atomic mass is 9.89. The maximum atomic E-state index is 5.93. The Morgan fingerprint density at radius 2 is 2.27 bits per heavy atom. The Morgan fingerprint density at radius 3 is 2.87 bits per heavy atom. The van der Waals surface area contributed by atoms with Gasteiger partial charge in [0.15, 0.2) is 0 Å². The van der Waals surface area contributed by atoms with E-state index in [1.54, 1.807) is 0 Å². The monoisotopic (exact) mass is 205 g/mol. The summed E-state index contributed by atoms with van der Waals surface area (Å²) in [4.78, 5) is 0. The minimum atomic E-state index is 0.363. The van der Waals surface area contributed by atoms with Crippen LogP contribution in [-0.4, -0.2) is 19.2 Å². The second-order valence-electron chi connectivity index (χ2n) is 4.13. The average Bonchev–Trinajstić information content (AvgIpc) is 2.25. The molecule has 0 saturated heterocycles. The van der Waals surface area contributed by atoms with E-state index in [9.17, 15) is 0 Å². The van der Waals surface area contributed by atoms with E-state index in [0.717, 1.165) is 12.2 Å². The van der Waals surface area contributed by atoms with Crippen LogP contribution in [-0.2, 0) is 6.42 Å². The lowest BCUT2D eigenvalue weighted by Crippen LogP contribution is -2.49. The van der Waals surface area contributed by atoms with Crippen LogP contribution in [0.4, 0.5) is 0 Å². The molecular weight excluding hydrogens is 186 g/mol. The maximum Gasteiger partial charge on any atom is 0.120 e. The van der Waals surface area contributed by atoms with E-state index in [-0.39, 0.29) is 0 Å². The van der Waals surface area contributed by atoms with Gasteiger partial charge < -0.3 is 10.1 Å². The minimum absolute atomic E-state index is 0.363. The topological polar surface area (TPSA) is 21.3 Å². The van der Waals surface area contributed by atoms with Crippen LogP contribution >= 0.6 is 0 Å². The number of benzene rings is 1. The molecule has 0 amide bonds. The standard InChI is InChI=1S/C13H19NO/c1-3-10-5-4-6-11(9-10)15-13-8-7-12(13)14-2/h4-6,9,12-14H,3,7-8H2,1-2H3/t12-,13-/m0/s1. The molecular formula is C13H19NO. The summed E-state index contributed by atoms with van der Waals surface area (Å²) in [5, 5.41) is 3.28. The predicted octanol–water partition coefficient (Wildman–Crippen LogP) is 2.38. The van der Waals surface area contributed by atoms with Crippen LogP contribution < -0.4 is 10.1 Å². The molecule has 82 valence electrons. The molecule has 0 bridgehead atoms. The first-order valence-electron chi connectivity index (χ1n) is 5.76. The summed E-state index contributed by atoms with van der Waals surface area (Å²) in [5.41, 5.74) is 1.34. The van der Waals surface area contributed by atoms with Gasteiger partial charge in [-0.05, 0) is 44.0 Å². The van der Waals surface area contributed by atoms with Crippen molar-refractivity contribution >= 4 is 0 Å². The van der Waals surface area contributed by atoms with Gasteiger partial charge in [-0.15, -0.1) is 0 Å². The van der Waals surface area contributed by atoms with Crippen molar-refractivity contribution in [3.05, 3.63) is 29.8 Å². The van der Waals surface area contributed by atoms with Gasteiger partial charge in [0.1, 0.15) is 11.9 Å². The van der Waals surface area contributed by atoms with Crippen molar-refractivity contribution in [2.24, 2.45) is 0 Å². The van der Waals surface area contributed by atoms with Crippen molar-refractivity contribution in [3.8, 4) is 5.75 Å². The fraction of sp³-hybridized carbons (Fsp3) is 0.538. The molecule has 0 radical (unpaired) electrons. The molecule has 0 aromatic heterocycles. The van der Waals surface area contributed by atoms with Crippen LogP contribution in [0.5, 0.6) is 5.75 Å². The van der Waals surface area contributed by atoms with Crippen LogP contribution in [0.1, 0.15) is 25.3 Å². The number of likely N-dealkylation sites (N-methyl/N-ethyl adjacent to an activating group) is 1. The quantitative estimate of drug-likeness (QED) is 0.815. The summed E-state index contributed by atoms with van der Waals surface area (Å²) >= 11 is 0. The largest absolute Gasteiger partial charge is 0.489 e. The molecule has 1 aromatic rings. The molecule has 2 heteroatoms. The molecule has 1 N–H and O–H groups in total. The molecule has 1 saturated carbocycles. The fourth-order valence-corrected chi connectivity index (χ4v) is 1.95. The third kappa shape index (κ3) is 2.32. The Bertz CT molecular complexity index is 322. The SMILES string of the molecule is CCc1cccc(O[C@H]2CC[C@@H]2NC)c1. The number of ether oxygens (including phenoxy) is 1. The maximum absolute atomic E-state index is 5.93. The molecule has 15 heavy (non-hydrogen) atoms. The Morgan fingerprint density at radius 1 is 1.40 bits per heavy atom. The lowest BCUT2D eigenvalue weighted by molar-refractivity contribution is 0.0770. The number of aryl methyl sites for hydroxylation is 1. The van der Waals surface area contributed by atoms with Gasteiger partial charge in [0.05, 0.1) is 0 Å². The molecule has 1 aromatic carbocycles. The van der Waals surface area contributed by atoms with Gasteiger partial charge in [0.2, 0.25) is 0 Å². The summed E-state index contributed by atoms with van der Waals surface area (Å²) in [5.74, 6) is 1.01. The summed E-state index contributed by atoms with van der Waals surface area (Å²) in [7, 11) is 2.00. The number of hydrogen-bond acceptors (Lipinski definition) is 2. The van der Waals surface area contributed by atoms with Crippen LogP contribution in [0.25, 0.3) is 0 Å². The number of nitrogens with one attached hydrogen (secondary N) is 1. The highest BCUT2D eigenvalue weighted by Crippen LogP contribution is 2.26. The molecule has 1 aliphatic rings. The summed E-state index contributed by atoms with van der Waals surface area (Å²) < 4.78 is 5.93. The first kappa shape index (κ1) is 10.5.